The van der Waals surface area contributed by atoms with E-state index in [1.165, 1.54) is 61.6 Å². The summed E-state index contributed by atoms with van der Waals surface area (Å²) in [6.45, 7) is 2.13. The Labute approximate surface area is 237 Å². The molecular formula is C33H42N2O3S. The molecule has 0 bridgehead atoms. The van der Waals surface area contributed by atoms with Crippen LogP contribution >= 0.6 is 11.3 Å². The molecule has 2 aromatic carbocycles. The van der Waals surface area contributed by atoms with Gasteiger partial charge >= 0.3 is 0 Å². The average Bonchev–Trinajstić information content (AvgIpc) is 3.47. The molecule has 39 heavy (non-hydrogen) atoms. The highest BCUT2D eigenvalue weighted by molar-refractivity contribution is 7.16. The molecule has 2 aliphatic rings. The Morgan fingerprint density at radius 3 is 2.49 bits per heavy atom. The number of nitrogens with zero attached hydrogens (tertiary/aromatic N) is 1. The first-order valence-electron chi connectivity index (χ1n) is 14.6. The first-order valence-corrected chi connectivity index (χ1v) is 15.4. The van der Waals surface area contributed by atoms with Gasteiger partial charge in [0.1, 0.15) is 5.75 Å². The lowest BCUT2D eigenvalue weighted by molar-refractivity contribution is -0.126. The molecule has 1 unspecified atom stereocenters. The number of aromatic nitrogens is 1. The van der Waals surface area contributed by atoms with Crippen LogP contribution in [0.5, 0.6) is 10.9 Å². The van der Waals surface area contributed by atoms with Crippen LogP contribution in [0.4, 0.5) is 0 Å². The number of carbonyl (C=O) groups excluding carboxylic acids is 1. The maximum atomic E-state index is 13.4. The summed E-state index contributed by atoms with van der Waals surface area (Å²) >= 11 is 1.55. The number of hydrogen-bond acceptors (Lipinski definition) is 5. The van der Waals surface area contributed by atoms with Gasteiger partial charge < -0.3 is 14.8 Å². The molecular weight excluding hydrogens is 504 g/mol. The maximum Gasteiger partial charge on any atom is 0.273 e. The lowest BCUT2D eigenvalue weighted by Gasteiger charge is -2.33. The van der Waals surface area contributed by atoms with Crippen molar-refractivity contribution in [1.82, 2.24) is 10.3 Å². The van der Waals surface area contributed by atoms with Crippen molar-refractivity contribution in [2.75, 3.05) is 14.2 Å². The molecule has 2 fully saturated rings. The van der Waals surface area contributed by atoms with Crippen LogP contribution in [0.3, 0.4) is 0 Å². The molecule has 0 saturated heterocycles. The van der Waals surface area contributed by atoms with Crippen molar-refractivity contribution < 1.29 is 14.3 Å². The monoisotopic (exact) mass is 546 g/mol. The van der Waals surface area contributed by atoms with Gasteiger partial charge in [-0.3, -0.25) is 4.79 Å². The SMILES string of the molecule is COc1ncc(-c2cccc(C(CC3CCC(c4ccc(OC)c(C)c4)CC3)NC(=O)C3CCCCC3)c2)s1. The summed E-state index contributed by atoms with van der Waals surface area (Å²) < 4.78 is 10.8. The Morgan fingerprint density at radius 1 is 1.00 bits per heavy atom. The molecule has 5 rings (SSSR count). The van der Waals surface area contributed by atoms with E-state index in [4.69, 9.17) is 9.47 Å². The van der Waals surface area contributed by atoms with Crippen molar-refractivity contribution in [2.45, 2.75) is 83.1 Å². The quantitative estimate of drug-likeness (QED) is 0.294. The van der Waals surface area contributed by atoms with E-state index in [0.717, 1.165) is 35.5 Å². The largest absolute Gasteiger partial charge is 0.496 e. The summed E-state index contributed by atoms with van der Waals surface area (Å²) in [5, 5.41) is 4.19. The Bertz CT molecular complexity index is 1240. The van der Waals surface area contributed by atoms with Crippen molar-refractivity contribution in [3.8, 4) is 21.4 Å². The minimum Gasteiger partial charge on any atom is -0.496 e. The minimum absolute atomic E-state index is 0.0268. The van der Waals surface area contributed by atoms with Crippen LogP contribution in [0, 0.1) is 18.8 Å². The number of methoxy groups -OCH3 is 2. The number of aryl methyl sites for hydroxylation is 1. The number of thiazole rings is 1. The molecule has 208 valence electrons. The van der Waals surface area contributed by atoms with Gasteiger partial charge in [0.2, 0.25) is 5.91 Å². The summed E-state index contributed by atoms with van der Waals surface area (Å²) in [6.07, 6.45) is 13.3. The predicted molar refractivity (Wildman–Crippen MR) is 159 cm³/mol. The van der Waals surface area contributed by atoms with E-state index < -0.39 is 0 Å². The van der Waals surface area contributed by atoms with Crippen LogP contribution in [-0.2, 0) is 4.79 Å². The van der Waals surface area contributed by atoms with E-state index in [1.807, 2.05) is 6.20 Å². The summed E-state index contributed by atoms with van der Waals surface area (Å²) in [4.78, 5) is 18.8. The van der Waals surface area contributed by atoms with Crippen LogP contribution in [-0.4, -0.2) is 25.1 Å². The lowest BCUT2D eigenvalue weighted by Crippen LogP contribution is -2.36. The molecule has 3 aromatic rings. The average molecular weight is 547 g/mol. The van der Waals surface area contributed by atoms with Crippen molar-refractivity contribution in [3.05, 3.63) is 65.4 Å². The Morgan fingerprint density at radius 2 is 1.79 bits per heavy atom. The molecule has 6 heteroatoms. The second-order valence-electron chi connectivity index (χ2n) is 11.4. The number of ether oxygens (including phenoxy) is 2. The predicted octanol–water partition coefficient (Wildman–Crippen LogP) is 8.24. The number of nitrogens with one attached hydrogen (secondary N) is 1. The zero-order valence-corrected chi connectivity index (χ0v) is 24.4. The highest BCUT2D eigenvalue weighted by Crippen LogP contribution is 2.41. The molecule has 0 spiro atoms. The summed E-state index contributed by atoms with van der Waals surface area (Å²) in [5.41, 5.74) is 4.96. The Kier molecular flexibility index (Phi) is 9.23. The number of rotatable bonds is 9. The van der Waals surface area contributed by atoms with Gasteiger partial charge in [-0.25, -0.2) is 4.98 Å². The second kappa shape index (κ2) is 13.0. The standard InChI is InChI=1S/C33H42N2O3S/c1-22-18-26(16-17-30(22)37-2)24-14-12-23(13-15-24)19-29(35-32(36)25-8-5-4-6-9-25)27-10-7-11-28(20-27)31-21-34-33(38-3)39-31/h7,10-11,16-18,20-21,23-25,29H,4-6,8-9,12-15,19H2,1-3H3,(H,35,36). The molecule has 5 nitrogen and oxygen atoms in total. The molecule has 1 heterocycles. The number of benzene rings is 2. The molecule has 1 aromatic heterocycles. The molecule has 0 radical (unpaired) electrons. The zero-order chi connectivity index (χ0) is 27.2. The van der Waals surface area contributed by atoms with E-state index in [-0.39, 0.29) is 17.9 Å². The lowest BCUT2D eigenvalue weighted by atomic mass is 9.75. The van der Waals surface area contributed by atoms with Gasteiger partial charge in [-0.05, 0) is 98.1 Å². The highest BCUT2D eigenvalue weighted by Gasteiger charge is 2.29. The third kappa shape index (κ3) is 6.84. The van der Waals surface area contributed by atoms with Gasteiger partial charge in [0.15, 0.2) is 0 Å². The highest BCUT2D eigenvalue weighted by atomic mass is 32.1. The number of carbonyl (C=O) groups is 1. The first-order chi connectivity index (χ1) is 19.0. The van der Waals surface area contributed by atoms with Crippen LogP contribution in [0.2, 0.25) is 0 Å². The summed E-state index contributed by atoms with van der Waals surface area (Å²) in [6, 6.07) is 15.3. The van der Waals surface area contributed by atoms with Gasteiger partial charge in [0.25, 0.3) is 5.19 Å². The molecule has 2 saturated carbocycles. The van der Waals surface area contributed by atoms with E-state index in [9.17, 15) is 4.79 Å². The third-order valence-corrected chi connectivity index (χ3v) is 9.84. The fourth-order valence-electron chi connectivity index (χ4n) is 6.55. The maximum absolute atomic E-state index is 13.4. The van der Waals surface area contributed by atoms with E-state index in [1.54, 1.807) is 25.6 Å². The fourth-order valence-corrected chi connectivity index (χ4v) is 7.27. The fraction of sp³-hybridized carbons (Fsp3) is 0.515. The molecule has 1 N–H and O–H groups in total. The van der Waals surface area contributed by atoms with Gasteiger partial charge in [-0.1, -0.05) is 60.9 Å². The van der Waals surface area contributed by atoms with Crippen molar-refractivity contribution >= 4 is 17.2 Å². The second-order valence-corrected chi connectivity index (χ2v) is 12.4. The molecule has 2 aliphatic carbocycles. The minimum atomic E-state index is 0.0268. The van der Waals surface area contributed by atoms with Crippen LogP contribution < -0.4 is 14.8 Å². The first kappa shape index (κ1) is 27.7. The van der Waals surface area contributed by atoms with Crippen molar-refractivity contribution in [1.29, 1.82) is 0 Å². The Hall–Kier alpha value is -2.86. The summed E-state index contributed by atoms with van der Waals surface area (Å²) in [5.74, 6) is 2.56. The number of hydrogen-bond donors (Lipinski definition) is 1. The van der Waals surface area contributed by atoms with Gasteiger partial charge in [0.05, 0.1) is 25.1 Å². The van der Waals surface area contributed by atoms with Gasteiger partial charge in [-0.15, -0.1) is 0 Å². The molecule has 0 aliphatic heterocycles. The third-order valence-electron chi connectivity index (χ3n) is 8.83. The van der Waals surface area contributed by atoms with Crippen LogP contribution in [0.1, 0.15) is 92.9 Å². The van der Waals surface area contributed by atoms with Gasteiger partial charge in [-0.2, -0.15) is 0 Å². The zero-order valence-electron chi connectivity index (χ0n) is 23.6. The number of amides is 1. The van der Waals surface area contributed by atoms with Gasteiger partial charge in [0, 0.05) is 12.1 Å². The molecule has 1 amide bonds. The van der Waals surface area contributed by atoms with Crippen LogP contribution in [0.15, 0.2) is 48.7 Å². The van der Waals surface area contributed by atoms with E-state index >= 15 is 0 Å². The molecule has 1 atom stereocenters. The van der Waals surface area contributed by atoms with E-state index in [2.05, 4.69) is 59.7 Å². The van der Waals surface area contributed by atoms with Crippen molar-refractivity contribution in [2.24, 2.45) is 11.8 Å². The van der Waals surface area contributed by atoms with Crippen molar-refractivity contribution in [3.63, 3.8) is 0 Å². The topological polar surface area (TPSA) is 60.5 Å². The summed E-state index contributed by atoms with van der Waals surface area (Å²) in [7, 11) is 3.39. The Balaban J connectivity index is 1.30. The normalized spacial score (nSPS) is 20.8. The van der Waals surface area contributed by atoms with E-state index in [0.29, 0.717) is 17.0 Å². The van der Waals surface area contributed by atoms with Crippen LogP contribution in [0.25, 0.3) is 10.4 Å². The smallest absolute Gasteiger partial charge is 0.273 e.